The van der Waals surface area contributed by atoms with Gasteiger partial charge in [0.15, 0.2) is 0 Å². The highest BCUT2D eigenvalue weighted by molar-refractivity contribution is 6.22. The van der Waals surface area contributed by atoms with E-state index in [0.29, 0.717) is 24.6 Å². The number of halogens is 3. The van der Waals surface area contributed by atoms with Crippen molar-refractivity contribution < 1.29 is 32.7 Å². The molecule has 31 heavy (non-hydrogen) atoms. The second kappa shape index (κ2) is 7.99. The zero-order chi connectivity index (χ0) is 22.4. The summed E-state index contributed by atoms with van der Waals surface area (Å²) in [5, 5.41) is 12.7. The summed E-state index contributed by atoms with van der Waals surface area (Å²) in [4.78, 5) is 40.9. The lowest BCUT2D eigenvalue weighted by molar-refractivity contribution is -0.153. The van der Waals surface area contributed by atoms with Gasteiger partial charge in [0.2, 0.25) is 11.7 Å². The van der Waals surface area contributed by atoms with Crippen LogP contribution in [-0.4, -0.2) is 64.3 Å². The quantitative estimate of drug-likeness (QED) is 0.667. The number of aliphatic hydroxyl groups is 1. The topological polar surface area (TPSA) is 90.0 Å². The lowest BCUT2D eigenvalue weighted by Gasteiger charge is -2.47. The normalized spacial score (nSPS) is 26.0. The molecule has 7 nitrogen and oxygen atoms in total. The van der Waals surface area contributed by atoms with E-state index in [1.165, 1.54) is 11.1 Å². The maximum atomic E-state index is 13.8. The van der Waals surface area contributed by atoms with Gasteiger partial charge >= 0.3 is 0 Å². The Morgan fingerprint density at radius 3 is 2.45 bits per heavy atom. The van der Waals surface area contributed by atoms with Gasteiger partial charge in [0, 0.05) is 50.1 Å². The number of aliphatic hydroxyl groups excluding tert-OH is 1. The third-order valence-electron chi connectivity index (χ3n) is 6.13. The SMILES string of the molecule is CN1C(=O)C2C(O)C(=O)C(C(=O)NCc3c(F)cc(F)cc3F)=CN2C[C@H]1CC1CC1. The largest absolute Gasteiger partial charge is 0.382 e. The van der Waals surface area contributed by atoms with Crippen molar-refractivity contribution in [2.24, 2.45) is 5.92 Å². The van der Waals surface area contributed by atoms with Crippen molar-refractivity contribution in [3.63, 3.8) is 0 Å². The van der Waals surface area contributed by atoms with Gasteiger partial charge in [-0.15, -0.1) is 0 Å². The third kappa shape index (κ3) is 4.04. The monoisotopic (exact) mass is 437 g/mol. The molecule has 0 spiro atoms. The molecular weight excluding hydrogens is 415 g/mol. The van der Waals surface area contributed by atoms with Crippen molar-refractivity contribution in [3.8, 4) is 0 Å². The van der Waals surface area contributed by atoms with E-state index in [4.69, 9.17) is 0 Å². The van der Waals surface area contributed by atoms with Crippen molar-refractivity contribution in [1.82, 2.24) is 15.1 Å². The van der Waals surface area contributed by atoms with E-state index in [9.17, 15) is 32.7 Å². The number of piperazine rings is 1. The molecule has 1 aromatic carbocycles. The molecule has 1 aromatic rings. The molecule has 1 aliphatic carbocycles. The Morgan fingerprint density at radius 1 is 1.19 bits per heavy atom. The summed E-state index contributed by atoms with van der Waals surface area (Å²) in [6, 6.07) is -0.254. The Bertz CT molecular complexity index is 956. The molecule has 0 radical (unpaired) electrons. The van der Waals surface area contributed by atoms with E-state index in [-0.39, 0.29) is 6.04 Å². The fraction of sp³-hybridized carbons (Fsp3) is 0.476. The van der Waals surface area contributed by atoms with Crippen LogP contribution in [0.5, 0.6) is 0 Å². The van der Waals surface area contributed by atoms with E-state index < -0.39 is 64.9 Å². The Balaban J connectivity index is 1.52. The molecule has 2 fully saturated rings. The number of hydrogen-bond donors (Lipinski definition) is 2. The Labute approximate surface area is 176 Å². The summed E-state index contributed by atoms with van der Waals surface area (Å²) in [7, 11) is 1.64. The second-order valence-electron chi connectivity index (χ2n) is 8.31. The van der Waals surface area contributed by atoms with Gasteiger partial charge in [0.05, 0.1) is 0 Å². The summed E-state index contributed by atoms with van der Waals surface area (Å²) in [6.07, 6.45) is 2.50. The smallest absolute Gasteiger partial charge is 0.256 e. The molecule has 0 bridgehead atoms. The van der Waals surface area contributed by atoms with Gasteiger partial charge in [0.1, 0.15) is 35.2 Å². The van der Waals surface area contributed by atoms with E-state index in [1.807, 2.05) is 0 Å². The van der Waals surface area contributed by atoms with E-state index in [2.05, 4.69) is 5.32 Å². The van der Waals surface area contributed by atoms with Gasteiger partial charge in [-0.1, -0.05) is 12.8 Å². The number of amides is 2. The lowest BCUT2D eigenvalue weighted by Crippen LogP contribution is -2.66. The van der Waals surface area contributed by atoms with Crippen LogP contribution in [0.4, 0.5) is 13.2 Å². The zero-order valence-corrected chi connectivity index (χ0v) is 16.8. The summed E-state index contributed by atoms with van der Waals surface area (Å²) >= 11 is 0. The van der Waals surface area contributed by atoms with Crippen LogP contribution in [0.3, 0.4) is 0 Å². The van der Waals surface area contributed by atoms with Crippen molar-refractivity contribution >= 4 is 17.6 Å². The number of Topliss-reactive ketones (excluding diaryl/α,β-unsaturated/α-hetero) is 1. The van der Waals surface area contributed by atoms with Gasteiger partial charge in [-0.25, -0.2) is 13.2 Å². The minimum Gasteiger partial charge on any atom is -0.382 e. The van der Waals surface area contributed by atoms with Crippen molar-refractivity contribution in [2.45, 2.75) is 44.0 Å². The average Bonchev–Trinajstić information content (AvgIpc) is 3.51. The molecule has 3 aliphatic rings. The predicted molar refractivity (Wildman–Crippen MR) is 102 cm³/mol. The molecule has 10 heteroatoms. The first kappa shape index (κ1) is 21.4. The number of benzene rings is 1. The Hall–Kier alpha value is -2.88. The zero-order valence-electron chi connectivity index (χ0n) is 16.8. The first-order valence-corrected chi connectivity index (χ1v) is 10.1. The van der Waals surface area contributed by atoms with Crippen LogP contribution >= 0.6 is 0 Å². The van der Waals surface area contributed by atoms with Crippen LogP contribution in [0.15, 0.2) is 23.9 Å². The number of nitrogens with zero attached hydrogens (tertiary/aromatic N) is 2. The highest BCUT2D eigenvalue weighted by Crippen LogP contribution is 2.37. The molecule has 0 aromatic heterocycles. The van der Waals surface area contributed by atoms with Crippen molar-refractivity contribution in [2.75, 3.05) is 13.6 Å². The molecule has 2 heterocycles. The Morgan fingerprint density at radius 2 is 1.84 bits per heavy atom. The molecule has 3 atom stereocenters. The fourth-order valence-electron chi connectivity index (χ4n) is 4.14. The molecule has 4 rings (SSSR count). The Kier molecular flexibility index (Phi) is 5.50. The summed E-state index contributed by atoms with van der Waals surface area (Å²) in [5.74, 6) is -5.19. The summed E-state index contributed by atoms with van der Waals surface area (Å²) in [5.41, 5.74) is -0.967. The molecular formula is C21H22F3N3O4. The average molecular weight is 437 g/mol. The molecule has 166 valence electrons. The number of carbonyl (C=O) groups excluding carboxylic acids is 3. The fourth-order valence-corrected chi connectivity index (χ4v) is 4.14. The van der Waals surface area contributed by atoms with E-state index >= 15 is 0 Å². The number of fused-ring (bicyclic) bond motifs is 1. The van der Waals surface area contributed by atoms with Crippen molar-refractivity contribution in [1.29, 1.82) is 0 Å². The minimum absolute atomic E-state index is 0.111. The maximum absolute atomic E-state index is 13.8. The predicted octanol–water partition coefficient (Wildman–Crippen LogP) is 0.859. The third-order valence-corrected chi connectivity index (χ3v) is 6.13. The number of hydrogen-bond acceptors (Lipinski definition) is 5. The van der Waals surface area contributed by atoms with Gasteiger partial charge in [0.25, 0.3) is 5.91 Å². The van der Waals surface area contributed by atoms with Crippen LogP contribution in [0, 0.1) is 23.4 Å². The molecule has 1 saturated carbocycles. The number of ketones is 1. The van der Waals surface area contributed by atoms with Gasteiger partial charge < -0.3 is 20.2 Å². The minimum atomic E-state index is -1.73. The number of rotatable bonds is 5. The summed E-state index contributed by atoms with van der Waals surface area (Å²) < 4.78 is 40.6. The first-order valence-electron chi connectivity index (χ1n) is 10.1. The van der Waals surface area contributed by atoms with Crippen LogP contribution in [0.1, 0.15) is 24.8 Å². The van der Waals surface area contributed by atoms with Crippen LogP contribution in [0.25, 0.3) is 0 Å². The number of nitrogens with one attached hydrogen (secondary N) is 1. The van der Waals surface area contributed by atoms with Crippen LogP contribution < -0.4 is 5.32 Å². The highest BCUT2D eigenvalue weighted by atomic mass is 19.1. The summed E-state index contributed by atoms with van der Waals surface area (Å²) in [6.45, 7) is -0.265. The number of carbonyl (C=O) groups is 3. The maximum Gasteiger partial charge on any atom is 0.256 e. The highest BCUT2D eigenvalue weighted by Gasteiger charge is 2.49. The second-order valence-corrected chi connectivity index (χ2v) is 8.31. The molecule has 1 saturated heterocycles. The van der Waals surface area contributed by atoms with Gasteiger partial charge in [-0.3, -0.25) is 14.4 Å². The first-order chi connectivity index (χ1) is 14.7. The lowest BCUT2D eigenvalue weighted by atomic mass is 9.90. The molecule has 2 amide bonds. The van der Waals surface area contributed by atoms with Crippen LogP contribution in [0.2, 0.25) is 0 Å². The molecule has 2 unspecified atom stereocenters. The van der Waals surface area contributed by atoms with Gasteiger partial charge in [-0.05, 0) is 12.3 Å². The van der Waals surface area contributed by atoms with Crippen molar-refractivity contribution in [3.05, 3.63) is 46.9 Å². The van der Waals surface area contributed by atoms with Crippen LogP contribution in [-0.2, 0) is 20.9 Å². The van der Waals surface area contributed by atoms with E-state index in [0.717, 1.165) is 19.3 Å². The molecule has 2 aliphatic heterocycles. The van der Waals surface area contributed by atoms with E-state index in [1.54, 1.807) is 11.9 Å². The number of likely N-dealkylation sites (N-methyl/N-ethyl adjacent to an activating group) is 1. The van der Waals surface area contributed by atoms with Gasteiger partial charge in [-0.2, -0.15) is 0 Å². The molecule has 2 N–H and O–H groups in total. The standard InChI is InChI=1S/C21H22F3N3O4/c1-26-12(4-10-2-3-10)8-27-9-14(18(28)19(29)17(27)21(26)31)20(30)25-7-13-15(23)5-11(22)6-16(13)24/h5-6,9-10,12,17,19,29H,2-4,7-8H2,1H3,(H,25,30)/t12-,17?,19?/m1/s1.